The Morgan fingerprint density at radius 1 is 1.40 bits per heavy atom. The summed E-state index contributed by atoms with van der Waals surface area (Å²) in [7, 11) is 1.82. The monoisotopic (exact) mass is 287 g/mol. The number of thiazole rings is 1. The predicted molar refractivity (Wildman–Crippen MR) is 83.4 cm³/mol. The summed E-state index contributed by atoms with van der Waals surface area (Å²) in [5, 5.41) is 6.29. The summed E-state index contributed by atoms with van der Waals surface area (Å²) in [4.78, 5) is 18.0. The maximum Gasteiger partial charge on any atom is 0.231 e. The zero-order valence-corrected chi connectivity index (χ0v) is 12.6. The lowest BCUT2D eigenvalue weighted by Crippen LogP contribution is -2.20. The van der Waals surface area contributed by atoms with Crippen molar-refractivity contribution in [3.8, 4) is 11.3 Å². The summed E-state index contributed by atoms with van der Waals surface area (Å²) < 4.78 is 0. The minimum Gasteiger partial charge on any atom is -0.359 e. The quantitative estimate of drug-likeness (QED) is 0.943. The maximum atomic E-state index is 11.7. The van der Waals surface area contributed by atoms with Crippen LogP contribution in [0.15, 0.2) is 23.6 Å². The molecule has 0 bridgehead atoms. The van der Waals surface area contributed by atoms with Crippen LogP contribution in [0.2, 0.25) is 0 Å². The van der Waals surface area contributed by atoms with Crippen molar-refractivity contribution in [2.75, 3.05) is 17.3 Å². The van der Waals surface area contributed by atoms with E-state index in [-0.39, 0.29) is 5.91 Å². The van der Waals surface area contributed by atoms with Crippen molar-refractivity contribution in [2.45, 2.75) is 26.3 Å². The van der Waals surface area contributed by atoms with Crippen molar-refractivity contribution >= 4 is 28.1 Å². The Morgan fingerprint density at radius 2 is 2.20 bits per heavy atom. The van der Waals surface area contributed by atoms with Gasteiger partial charge in [0.05, 0.1) is 12.1 Å². The highest BCUT2D eigenvalue weighted by Gasteiger charge is 2.24. The van der Waals surface area contributed by atoms with Gasteiger partial charge in [-0.25, -0.2) is 4.98 Å². The van der Waals surface area contributed by atoms with Crippen LogP contribution in [0, 0.1) is 0 Å². The molecule has 0 spiro atoms. The molecule has 1 aliphatic rings. The third kappa shape index (κ3) is 2.29. The van der Waals surface area contributed by atoms with Crippen molar-refractivity contribution in [3.63, 3.8) is 0 Å². The summed E-state index contributed by atoms with van der Waals surface area (Å²) in [5.74, 6) is 0.151. The zero-order valence-electron chi connectivity index (χ0n) is 11.8. The first kappa shape index (κ1) is 13.1. The molecule has 0 aliphatic carbocycles. The molecule has 20 heavy (non-hydrogen) atoms. The van der Waals surface area contributed by atoms with E-state index >= 15 is 0 Å². The number of carbonyl (C=O) groups is 1. The Morgan fingerprint density at radius 3 is 2.95 bits per heavy atom. The van der Waals surface area contributed by atoms with E-state index in [0.29, 0.717) is 12.5 Å². The largest absolute Gasteiger partial charge is 0.359 e. The van der Waals surface area contributed by atoms with E-state index in [1.54, 1.807) is 16.2 Å². The van der Waals surface area contributed by atoms with Crippen LogP contribution in [-0.4, -0.2) is 24.0 Å². The van der Waals surface area contributed by atoms with Gasteiger partial charge < -0.3 is 10.2 Å². The van der Waals surface area contributed by atoms with Crippen molar-refractivity contribution in [3.05, 3.63) is 29.1 Å². The molecule has 0 saturated heterocycles. The number of likely N-dealkylation sites (N-methyl/N-ethyl adjacent to an activating group) is 1. The summed E-state index contributed by atoms with van der Waals surface area (Å²) in [6.45, 7) is 4.19. The van der Waals surface area contributed by atoms with Gasteiger partial charge in [-0.2, -0.15) is 0 Å². The zero-order chi connectivity index (χ0) is 14.3. The van der Waals surface area contributed by atoms with Gasteiger partial charge in [0, 0.05) is 29.7 Å². The number of fused-ring (bicyclic) bond motifs is 1. The number of amides is 1. The van der Waals surface area contributed by atoms with Crippen molar-refractivity contribution in [1.29, 1.82) is 0 Å². The van der Waals surface area contributed by atoms with Gasteiger partial charge in [0.25, 0.3) is 0 Å². The van der Waals surface area contributed by atoms with Crippen molar-refractivity contribution in [1.82, 2.24) is 4.98 Å². The lowest BCUT2D eigenvalue weighted by Gasteiger charge is -2.10. The Kier molecular flexibility index (Phi) is 3.22. The fraction of sp³-hybridized carbons (Fsp3) is 0.333. The molecule has 0 fully saturated rings. The Balaban J connectivity index is 1.90. The highest BCUT2D eigenvalue weighted by molar-refractivity contribution is 7.14. The standard InChI is InChI=1S/C15H17N3OS/c1-9(2)16-15-17-12(8-20-15)10-4-5-13-11(6-10)7-14(19)18(13)3/h4-6,8-9H,7H2,1-3H3,(H,16,17). The number of rotatable bonds is 3. The van der Waals surface area contributed by atoms with E-state index in [1.165, 1.54) is 0 Å². The molecule has 1 amide bonds. The van der Waals surface area contributed by atoms with Crippen LogP contribution in [0.4, 0.5) is 10.8 Å². The second-order valence-corrected chi connectivity index (χ2v) is 6.17. The molecule has 0 atom stereocenters. The van der Waals surface area contributed by atoms with Gasteiger partial charge >= 0.3 is 0 Å². The lowest BCUT2D eigenvalue weighted by atomic mass is 10.1. The van der Waals surface area contributed by atoms with Gasteiger partial charge in [-0.15, -0.1) is 11.3 Å². The summed E-state index contributed by atoms with van der Waals surface area (Å²) in [6.07, 6.45) is 0.487. The Labute approximate surface area is 122 Å². The molecule has 2 heterocycles. The summed E-state index contributed by atoms with van der Waals surface area (Å²) >= 11 is 1.61. The van der Waals surface area contributed by atoms with Gasteiger partial charge in [0.15, 0.2) is 5.13 Å². The van der Waals surface area contributed by atoms with Gasteiger partial charge in [0.1, 0.15) is 0 Å². The second-order valence-electron chi connectivity index (χ2n) is 5.31. The van der Waals surface area contributed by atoms with E-state index in [0.717, 1.165) is 27.6 Å². The van der Waals surface area contributed by atoms with Crippen LogP contribution in [0.25, 0.3) is 11.3 Å². The molecule has 0 saturated carbocycles. The predicted octanol–water partition coefficient (Wildman–Crippen LogP) is 3.15. The minimum absolute atomic E-state index is 0.151. The van der Waals surface area contributed by atoms with Crippen LogP contribution in [0.5, 0.6) is 0 Å². The minimum atomic E-state index is 0.151. The number of anilines is 2. The fourth-order valence-corrected chi connectivity index (χ4v) is 3.22. The van der Waals surface area contributed by atoms with Gasteiger partial charge in [-0.05, 0) is 31.5 Å². The average molecular weight is 287 g/mol. The molecule has 4 nitrogen and oxygen atoms in total. The molecular formula is C15H17N3OS. The maximum absolute atomic E-state index is 11.7. The fourth-order valence-electron chi connectivity index (χ4n) is 2.35. The number of nitrogens with zero attached hydrogens (tertiary/aromatic N) is 2. The van der Waals surface area contributed by atoms with Crippen molar-refractivity contribution in [2.24, 2.45) is 0 Å². The third-order valence-corrected chi connectivity index (χ3v) is 4.14. The highest BCUT2D eigenvalue weighted by Crippen LogP contribution is 2.33. The molecule has 2 aromatic rings. The molecule has 104 valence electrons. The van der Waals surface area contributed by atoms with Crippen LogP contribution in [-0.2, 0) is 11.2 Å². The SMILES string of the molecule is CC(C)Nc1nc(-c2ccc3c(c2)CC(=O)N3C)cs1. The number of hydrogen-bond donors (Lipinski definition) is 1. The molecule has 0 radical (unpaired) electrons. The number of carbonyl (C=O) groups excluding carboxylic acids is 1. The van der Waals surface area contributed by atoms with Crippen LogP contribution < -0.4 is 10.2 Å². The van der Waals surface area contributed by atoms with E-state index < -0.39 is 0 Å². The summed E-state index contributed by atoms with van der Waals surface area (Å²) in [6, 6.07) is 6.48. The topological polar surface area (TPSA) is 45.2 Å². The Hall–Kier alpha value is -1.88. The molecule has 1 aliphatic heterocycles. The number of aromatic nitrogens is 1. The van der Waals surface area contributed by atoms with Gasteiger partial charge in [0.2, 0.25) is 5.91 Å². The molecule has 1 aromatic heterocycles. The average Bonchev–Trinajstić information content (AvgIpc) is 2.95. The normalized spacial score (nSPS) is 14.0. The number of hydrogen-bond acceptors (Lipinski definition) is 4. The van der Waals surface area contributed by atoms with E-state index in [2.05, 4.69) is 30.2 Å². The van der Waals surface area contributed by atoms with E-state index in [4.69, 9.17) is 0 Å². The number of nitrogens with one attached hydrogen (secondary N) is 1. The first-order valence-electron chi connectivity index (χ1n) is 6.66. The molecule has 1 aromatic carbocycles. The number of benzene rings is 1. The van der Waals surface area contributed by atoms with Crippen LogP contribution >= 0.6 is 11.3 Å². The molecule has 1 N–H and O–H groups in total. The first-order chi connectivity index (χ1) is 9.54. The smallest absolute Gasteiger partial charge is 0.231 e. The first-order valence-corrected chi connectivity index (χ1v) is 7.54. The second kappa shape index (κ2) is 4.90. The van der Waals surface area contributed by atoms with Gasteiger partial charge in [-0.1, -0.05) is 6.07 Å². The van der Waals surface area contributed by atoms with Crippen molar-refractivity contribution < 1.29 is 4.79 Å². The molecule has 5 heteroatoms. The van der Waals surface area contributed by atoms with Crippen LogP contribution in [0.3, 0.4) is 0 Å². The molecule has 0 unspecified atom stereocenters. The summed E-state index contributed by atoms with van der Waals surface area (Å²) in [5.41, 5.74) is 4.12. The van der Waals surface area contributed by atoms with E-state index in [1.807, 2.05) is 24.6 Å². The molecular weight excluding hydrogens is 270 g/mol. The van der Waals surface area contributed by atoms with Crippen LogP contribution in [0.1, 0.15) is 19.4 Å². The third-order valence-electron chi connectivity index (χ3n) is 3.37. The Bertz CT molecular complexity index is 663. The molecule has 3 rings (SSSR count). The van der Waals surface area contributed by atoms with E-state index in [9.17, 15) is 4.79 Å². The van der Waals surface area contributed by atoms with Gasteiger partial charge in [-0.3, -0.25) is 4.79 Å². The lowest BCUT2D eigenvalue weighted by molar-refractivity contribution is -0.117. The highest BCUT2D eigenvalue weighted by atomic mass is 32.1.